The van der Waals surface area contributed by atoms with Crippen molar-refractivity contribution in [2.75, 3.05) is 5.43 Å². The van der Waals surface area contributed by atoms with E-state index in [1.165, 1.54) is 43.4 Å². The number of hydrazine groups is 1. The molecular formula is C14H22N4. The molecule has 0 aliphatic heterocycles. The molecule has 0 bridgehead atoms. The fourth-order valence-corrected chi connectivity index (χ4v) is 3.42. The van der Waals surface area contributed by atoms with Gasteiger partial charge in [0.05, 0.1) is 0 Å². The third kappa shape index (κ3) is 2.09. The van der Waals surface area contributed by atoms with Crippen molar-refractivity contribution in [2.24, 2.45) is 11.8 Å². The van der Waals surface area contributed by atoms with E-state index in [4.69, 9.17) is 10.8 Å². The lowest BCUT2D eigenvalue weighted by atomic mass is 9.82. The molecule has 1 aromatic rings. The molecule has 0 amide bonds. The second-order valence-electron chi connectivity index (χ2n) is 5.82. The molecule has 1 heterocycles. The van der Waals surface area contributed by atoms with Crippen LogP contribution in [0.4, 0.5) is 5.82 Å². The number of anilines is 1. The molecule has 1 fully saturated rings. The van der Waals surface area contributed by atoms with Crippen LogP contribution in [0.25, 0.3) is 0 Å². The van der Waals surface area contributed by atoms with Crippen molar-refractivity contribution in [3.63, 3.8) is 0 Å². The van der Waals surface area contributed by atoms with Gasteiger partial charge in [0.1, 0.15) is 11.6 Å². The van der Waals surface area contributed by atoms with Gasteiger partial charge in [-0.25, -0.2) is 15.8 Å². The van der Waals surface area contributed by atoms with E-state index in [9.17, 15) is 0 Å². The van der Waals surface area contributed by atoms with Gasteiger partial charge < -0.3 is 5.43 Å². The first-order valence-corrected chi connectivity index (χ1v) is 7.14. The maximum Gasteiger partial charge on any atom is 0.147 e. The summed E-state index contributed by atoms with van der Waals surface area (Å²) in [5, 5.41) is 0. The lowest BCUT2D eigenvalue weighted by Crippen LogP contribution is -2.18. The van der Waals surface area contributed by atoms with Crippen LogP contribution in [0.1, 0.15) is 62.0 Å². The average Bonchev–Trinajstić information content (AvgIpc) is 2.85. The quantitative estimate of drug-likeness (QED) is 0.622. The Morgan fingerprint density at radius 1 is 1.17 bits per heavy atom. The second-order valence-corrected chi connectivity index (χ2v) is 5.82. The number of nitrogen functional groups attached to an aromatic ring is 1. The van der Waals surface area contributed by atoms with Gasteiger partial charge in [-0.3, -0.25) is 0 Å². The van der Waals surface area contributed by atoms with E-state index in [2.05, 4.69) is 17.3 Å². The Morgan fingerprint density at radius 2 is 2.06 bits per heavy atom. The number of rotatable bonds is 2. The molecule has 4 nitrogen and oxygen atoms in total. The number of hydrogen-bond donors (Lipinski definition) is 2. The first-order chi connectivity index (χ1) is 8.78. The zero-order valence-corrected chi connectivity index (χ0v) is 11.1. The van der Waals surface area contributed by atoms with Crippen molar-refractivity contribution in [1.82, 2.24) is 9.97 Å². The van der Waals surface area contributed by atoms with E-state index in [1.807, 2.05) is 0 Å². The second kappa shape index (κ2) is 4.84. The molecule has 4 heteroatoms. The van der Waals surface area contributed by atoms with Crippen LogP contribution in [0.5, 0.6) is 0 Å². The lowest BCUT2D eigenvalue weighted by Gasteiger charge is -2.26. The van der Waals surface area contributed by atoms with Crippen molar-refractivity contribution in [3.8, 4) is 0 Å². The first-order valence-electron chi connectivity index (χ1n) is 7.14. The lowest BCUT2D eigenvalue weighted by molar-refractivity contribution is 0.335. The molecule has 0 radical (unpaired) electrons. The molecule has 0 saturated heterocycles. The molecule has 98 valence electrons. The Labute approximate surface area is 108 Å². The highest BCUT2D eigenvalue weighted by molar-refractivity contribution is 5.48. The number of nitrogens with zero attached hydrogens (tertiary/aromatic N) is 2. The number of aromatic nitrogens is 2. The molecule has 2 atom stereocenters. The molecule has 2 aliphatic rings. The zero-order valence-electron chi connectivity index (χ0n) is 11.1. The number of hydrogen-bond acceptors (Lipinski definition) is 4. The van der Waals surface area contributed by atoms with Gasteiger partial charge in [-0.2, -0.15) is 0 Å². The highest BCUT2D eigenvalue weighted by atomic mass is 15.3. The van der Waals surface area contributed by atoms with Gasteiger partial charge in [-0.1, -0.05) is 19.8 Å². The van der Waals surface area contributed by atoms with Crippen molar-refractivity contribution < 1.29 is 0 Å². The van der Waals surface area contributed by atoms with E-state index in [0.717, 1.165) is 30.4 Å². The van der Waals surface area contributed by atoms with Gasteiger partial charge in [-0.15, -0.1) is 0 Å². The summed E-state index contributed by atoms with van der Waals surface area (Å²) >= 11 is 0. The van der Waals surface area contributed by atoms with Crippen LogP contribution in [-0.2, 0) is 12.8 Å². The van der Waals surface area contributed by atoms with Crippen LogP contribution in [0, 0.1) is 5.92 Å². The van der Waals surface area contributed by atoms with Crippen LogP contribution in [-0.4, -0.2) is 9.97 Å². The summed E-state index contributed by atoms with van der Waals surface area (Å²) in [4.78, 5) is 9.49. The predicted molar refractivity (Wildman–Crippen MR) is 72.2 cm³/mol. The van der Waals surface area contributed by atoms with Crippen molar-refractivity contribution >= 4 is 5.82 Å². The zero-order chi connectivity index (χ0) is 12.5. The number of aryl methyl sites for hydroxylation is 1. The summed E-state index contributed by atoms with van der Waals surface area (Å²) in [6.07, 6.45) is 8.44. The number of nitrogens with two attached hydrogens (primary N) is 1. The van der Waals surface area contributed by atoms with Crippen LogP contribution < -0.4 is 11.3 Å². The molecule has 1 saturated carbocycles. The van der Waals surface area contributed by atoms with Gasteiger partial charge >= 0.3 is 0 Å². The first kappa shape index (κ1) is 11.9. The molecule has 3 N–H and O–H groups in total. The summed E-state index contributed by atoms with van der Waals surface area (Å²) in [6.45, 7) is 2.33. The number of nitrogens with one attached hydrogen (secondary N) is 1. The van der Waals surface area contributed by atoms with E-state index in [1.54, 1.807) is 0 Å². The topological polar surface area (TPSA) is 63.8 Å². The molecule has 18 heavy (non-hydrogen) atoms. The highest BCUT2D eigenvalue weighted by Crippen LogP contribution is 2.36. The van der Waals surface area contributed by atoms with Crippen molar-refractivity contribution in [3.05, 3.63) is 17.1 Å². The Morgan fingerprint density at radius 3 is 2.83 bits per heavy atom. The summed E-state index contributed by atoms with van der Waals surface area (Å²) in [5.74, 6) is 8.83. The molecule has 0 spiro atoms. The maximum atomic E-state index is 5.61. The van der Waals surface area contributed by atoms with E-state index < -0.39 is 0 Å². The Bertz CT molecular complexity index is 444. The fraction of sp³-hybridized carbons (Fsp3) is 0.714. The van der Waals surface area contributed by atoms with E-state index >= 15 is 0 Å². The third-order valence-electron chi connectivity index (χ3n) is 4.39. The molecule has 2 unspecified atom stereocenters. The van der Waals surface area contributed by atoms with Gasteiger partial charge in [0.15, 0.2) is 0 Å². The van der Waals surface area contributed by atoms with E-state index in [-0.39, 0.29) is 0 Å². The Kier molecular flexibility index (Phi) is 3.20. The maximum absolute atomic E-state index is 5.61. The summed E-state index contributed by atoms with van der Waals surface area (Å²) < 4.78 is 0. The van der Waals surface area contributed by atoms with Crippen LogP contribution in [0.3, 0.4) is 0 Å². The van der Waals surface area contributed by atoms with Crippen LogP contribution in [0.15, 0.2) is 0 Å². The predicted octanol–water partition coefficient (Wildman–Crippen LogP) is 2.54. The molecule has 1 aromatic heterocycles. The SMILES string of the molecule is CC1CCCC(c2nc3c(c(NN)n2)CCC3)C1. The van der Waals surface area contributed by atoms with Crippen LogP contribution >= 0.6 is 0 Å². The molecule has 0 aromatic carbocycles. The molecular weight excluding hydrogens is 224 g/mol. The largest absolute Gasteiger partial charge is 0.308 e. The fourth-order valence-electron chi connectivity index (χ4n) is 3.42. The highest BCUT2D eigenvalue weighted by Gasteiger charge is 2.26. The monoisotopic (exact) mass is 246 g/mol. The third-order valence-corrected chi connectivity index (χ3v) is 4.39. The molecule has 2 aliphatic carbocycles. The van der Waals surface area contributed by atoms with Gasteiger partial charge in [0, 0.05) is 17.2 Å². The minimum absolute atomic E-state index is 0.534. The van der Waals surface area contributed by atoms with E-state index in [0.29, 0.717) is 5.92 Å². The van der Waals surface area contributed by atoms with Crippen LogP contribution in [0.2, 0.25) is 0 Å². The van der Waals surface area contributed by atoms with Crippen molar-refractivity contribution in [1.29, 1.82) is 0 Å². The van der Waals surface area contributed by atoms with Gasteiger partial charge in [0.2, 0.25) is 0 Å². The summed E-state index contributed by atoms with van der Waals surface area (Å²) in [5.41, 5.74) is 5.24. The Hall–Kier alpha value is -1.16. The summed E-state index contributed by atoms with van der Waals surface area (Å²) in [7, 11) is 0. The standard InChI is InChI=1S/C14H22N4/c1-9-4-2-5-10(8-9)13-16-12-7-3-6-11(12)14(17-13)18-15/h9-10H,2-8,15H2,1H3,(H,16,17,18). The van der Waals surface area contributed by atoms with Gasteiger partial charge in [-0.05, 0) is 38.0 Å². The molecule has 3 rings (SSSR count). The minimum atomic E-state index is 0.534. The normalized spacial score (nSPS) is 27.0. The minimum Gasteiger partial charge on any atom is -0.308 e. The average molecular weight is 246 g/mol. The Balaban J connectivity index is 1.92. The summed E-state index contributed by atoms with van der Waals surface area (Å²) in [6, 6.07) is 0. The smallest absolute Gasteiger partial charge is 0.147 e. The number of fused-ring (bicyclic) bond motifs is 1. The van der Waals surface area contributed by atoms with Crippen molar-refractivity contribution in [2.45, 2.75) is 57.8 Å². The van der Waals surface area contributed by atoms with Gasteiger partial charge in [0.25, 0.3) is 0 Å².